The van der Waals surface area contributed by atoms with Crippen molar-refractivity contribution in [3.8, 4) is 5.88 Å². The van der Waals surface area contributed by atoms with Gasteiger partial charge in [-0.3, -0.25) is 0 Å². The lowest BCUT2D eigenvalue weighted by atomic mass is 10.0. The zero-order valence-corrected chi connectivity index (χ0v) is 24.6. The van der Waals surface area contributed by atoms with Crippen molar-refractivity contribution >= 4 is 27.1 Å². The zero-order chi connectivity index (χ0) is 29.1. The number of sulfonamides is 1. The molecule has 1 aromatic carbocycles. The SMILES string of the molecule is COc1nc2c(Cc3ccc(S(=O)(=O)N(C)C)cc3)c(C)n(C/C(F)=C/CNC(=O)OC(C)(C)C)c2cc1C. The number of alkyl carbamates (subject to hydrolysis) is 1. The fraction of sp³-hybridized carbons (Fsp3) is 0.429. The number of carbonyl (C=O) groups excluding carboxylic acids is 1. The third kappa shape index (κ3) is 7.15. The van der Waals surface area contributed by atoms with Crippen LogP contribution in [-0.2, 0) is 27.7 Å². The molecule has 0 fully saturated rings. The maximum atomic E-state index is 15.0. The largest absolute Gasteiger partial charge is 0.481 e. The molecule has 3 rings (SSSR count). The summed E-state index contributed by atoms with van der Waals surface area (Å²) in [6.45, 7) is 8.97. The minimum Gasteiger partial charge on any atom is -0.481 e. The van der Waals surface area contributed by atoms with E-state index in [2.05, 4.69) is 5.32 Å². The molecular formula is C28H37FN4O5S. The normalized spacial score (nSPS) is 12.7. The first kappa shape index (κ1) is 30.1. The number of nitrogens with zero attached hydrogens (tertiary/aromatic N) is 3. The summed E-state index contributed by atoms with van der Waals surface area (Å²) in [7, 11) is 0.993. The van der Waals surface area contributed by atoms with Crippen molar-refractivity contribution < 1.29 is 27.1 Å². The van der Waals surface area contributed by atoms with Crippen molar-refractivity contribution in [3.05, 3.63) is 64.6 Å². The molecule has 1 N–H and O–H groups in total. The van der Waals surface area contributed by atoms with Crippen LogP contribution in [0.15, 0.2) is 47.1 Å². The molecule has 212 valence electrons. The number of aryl methyl sites for hydroxylation is 1. The Morgan fingerprint density at radius 3 is 2.38 bits per heavy atom. The third-order valence-corrected chi connectivity index (χ3v) is 7.95. The fourth-order valence-electron chi connectivity index (χ4n) is 4.12. The third-order valence-electron chi connectivity index (χ3n) is 6.12. The Labute approximate surface area is 229 Å². The highest BCUT2D eigenvalue weighted by Crippen LogP contribution is 2.31. The number of amides is 1. The van der Waals surface area contributed by atoms with Gasteiger partial charge in [0.2, 0.25) is 15.9 Å². The van der Waals surface area contributed by atoms with Crippen molar-refractivity contribution in [1.82, 2.24) is 19.2 Å². The van der Waals surface area contributed by atoms with E-state index in [-0.39, 0.29) is 18.0 Å². The first-order valence-corrected chi connectivity index (χ1v) is 13.9. The number of rotatable bonds is 9. The van der Waals surface area contributed by atoms with Crippen molar-refractivity contribution in [1.29, 1.82) is 0 Å². The molecule has 9 nitrogen and oxygen atoms in total. The summed E-state index contributed by atoms with van der Waals surface area (Å²) in [6, 6.07) is 8.62. The van der Waals surface area contributed by atoms with E-state index in [0.717, 1.165) is 27.9 Å². The highest BCUT2D eigenvalue weighted by Gasteiger charge is 2.21. The van der Waals surface area contributed by atoms with Crippen LogP contribution in [0.25, 0.3) is 11.0 Å². The Balaban J connectivity index is 1.93. The molecule has 0 atom stereocenters. The molecule has 11 heteroatoms. The molecule has 0 aliphatic carbocycles. The van der Waals surface area contributed by atoms with E-state index in [1.807, 2.05) is 24.5 Å². The summed E-state index contributed by atoms with van der Waals surface area (Å²) in [5.41, 5.74) is 4.18. The van der Waals surface area contributed by atoms with Crippen LogP contribution in [0, 0.1) is 13.8 Å². The number of hydrogen-bond donors (Lipinski definition) is 1. The quantitative estimate of drug-likeness (QED) is 0.400. The molecule has 0 bridgehead atoms. The molecular weight excluding hydrogens is 523 g/mol. The number of aromatic nitrogens is 2. The van der Waals surface area contributed by atoms with Crippen LogP contribution >= 0.6 is 0 Å². The van der Waals surface area contributed by atoms with Crippen molar-refractivity contribution in [3.63, 3.8) is 0 Å². The zero-order valence-electron chi connectivity index (χ0n) is 23.8. The summed E-state index contributed by atoms with van der Waals surface area (Å²) < 4.78 is 53.6. The van der Waals surface area contributed by atoms with Gasteiger partial charge in [0.25, 0.3) is 0 Å². The molecule has 39 heavy (non-hydrogen) atoms. The van der Waals surface area contributed by atoms with Crippen LogP contribution in [0.2, 0.25) is 0 Å². The first-order chi connectivity index (χ1) is 18.1. The van der Waals surface area contributed by atoms with E-state index in [4.69, 9.17) is 14.5 Å². The van der Waals surface area contributed by atoms with Gasteiger partial charge in [-0.15, -0.1) is 0 Å². The van der Waals surface area contributed by atoms with E-state index < -0.39 is 27.5 Å². The molecule has 0 saturated carbocycles. The van der Waals surface area contributed by atoms with Gasteiger partial charge in [-0.1, -0.05) is 12.1 Å². The maximum absolute atomic E-state index is 15.0. The molecule has 1 amide bonds. The van der Waals surface area contributed by atoms with Gasteiger partial charge in [-0.25, -0.2) is 26.9 Å². The van der Waals surface area contributed by atoms with Gasteiger partial charge in [0, 0.05) is 43.9 Å². The molecule has 2 heterocycles. The number of hydrogen-bond acceptors (Lipinski definition) is 6. The van der Waals surface area contributed by atoms with Crippen LogP contribution in [0.4, 0.5) is 9.18 Å². The molecule has 0 aliphatic rings. The Morgan fingerprint density at radius 1 is 1.18 bits per heavy atom. The van der Waals surface area contributed by atoms with E-state index in [1.54, 1.807) is 52.1 Å². The van der Waals surface area contributed by atoms with E-state index in [9.17, 15) is 13.2 Å². The van der Waals surface area contributed by atoms with Gasteiger partial charge in [0.05, 0.1) is 29.6 Å². The second-order valence-corrected chi connectivity index (χ2v) is 12.6. The fourth-order valence-corrected chi connectivity index (χ4v) is 5.02. The molecule has 0 unspecified atom stereocenters. The van der Waals surface area contributed by atoms with Gasteiger partial charge < -0.3 is 19.4 Å². The van der Waals surface area contributed by atoms with E-state index >= 15 is 4.39 Å². The number of carbonyl (C=O) groups is 1. The van der Waals surface area contributed by atoms with Crippen LogP contribution < -0.4 is 10.1 Å². The molecule has 3 aromatic rings. The van der Waals surface area contributed by atoms with Crippen LogP contribution in [-0.4, -0.2) is 61.7 Å². The van der Waals surface area contributed by atoms with Crippen LogP contribution in [0.5, 0.6) is 5.88 Å². The maximum Gasteiger partial charge on any atom is 0.407 e. The van der Waals surface area contributed by atoms with Crippen molar-refractivity contribution in [2.24, 2.45) is 0 Å². The Morgan fingerprint density at radius 2 is 1.82 bits per heavy atom. The standard InChI is InChI=1S/C28H37FN4O5S/c1-18-15-24-25(31-26(18)37-8)23(16-20-9-11-22(12-10-20)39(35,36)32(6)7)19(2)33(24)17-21(29)13-14-30-27(34)38-28(3,4)5/h9-13,15H,14,16-17H2,1-8H3,(H,30,34)/b21-13-. The number of benzene rings is 1. The second kappa shape index (κ2) is 11.7. The lowest BCUT2D eigenvalue weighted by Gasteiger charge is -2.19. The molecule has 0 aliphatic heterocycles. The minimum absolute atomic E-state index is 0.0147. The minimum atomic E-state index is -3.54. The molecule has 0 saturated heterocycles. The molecule has 0 spiro atoms. The van der Waals surface area contributed by atoms with Gasteiger partial charge in [0.1, 0.15) is 11.4 Å². The summed E-state index contributed by atoms with van der Waals surface area (Å²) in [6.07, 6.45) is 1.15. The van der Waals surface area contributed by atoms with E-state index in [0.29, 0.717) is 17.8 Å². The lowest BCUT2D eigenvalue weighted by Crippen LogP contribution is -2.32. The van der Waals surface area contributed by atoms with Crippen molar-refractivity contribution in [2.75, 3.05) is 27.7 Å². The monoisotopic (exact) mass is 560 g/mol. The average Bonchev–Trinajstić information content (AvgIpc) is 3.07. The molecule has 0 radical (unpaired) electrons. The first-order valence-electron chi connectivity index (χ1n) is 12.5. The van der Waals surface area contributed by atoms with Gasteiger partial charge in [-0.2, -0.15) is 0 Å². The molecule has 2 aromatic heterocycles. The average molecular weight is 561 g/mol. The highest BCUT2D eigenvalue weighted by atomic mass is 32.2. The number of ether oxygens (including phenoxy) is 2. The predicted molar refractivity (Wildman–Crippen MR) is 149 cm³/mol. The summed E-state index contributed by atoms with van der Waals surface area (Å²) >= 11 is 0. The lowest BCUT2D eigenvalue weighted by molar-refractivity contribution is 0.0534. The van der Waals surface area contributed by atoms with Gasteiger partial charge in [0.15, 0.2) is 0 Å². The number of allylic oxidation sites excluding steroid dienone is 1. The Hall–Kier alpha value is -3.44. The summed E-state index contributed by atoms with van der Waals surface area (Å²) in [5.74, 6) is 0.0511. The number of nitrogens with one attached hydrogen (secondary N) is 1. The second-order valence-electron chi connectivity index (χ2n) is 10.5. The van der Waals surface area contributed by atoms with Crippen LogP contribution in [0.1, 0.15) is 43.2 Å². The van der Waals surface area contributed by atoms with Gasteiger partial charge in [-0.05, 0) is 64.5 Å². The van der Waals surface area contributed by atoms with Gasteiger partial charge >= 0.3 is 6.09 Å². The smallest absolute Gasteiger partial charge is 0.407 e. The van der Waals surface area contributed by atoms with Crippen molar-refractivity contribution in [2.45, 2.75) is 58.1 Å². The Bertz CT molecular complexity index is 1490. The number of halogens is 1. The predicted octanol–water partition coefficient (Wildman–Crippen LogP) is 4.88. The summed E-state index contributed by atoms with van der Waals surface area (Å²) in [4.78, 5) is 16.8. The topological polar surface area (TPSA) is 103 Å². The van der Waals surface area contributed by atoms with E-state index in [1.165, 1.54) is 24.5 Å². The number of methoxy groups -OCH3 is 1. The van der Waals surface area contributed by atoms with Crippen LogP contribution in [0.3, 0.4) is 0 Å². The number of fused-ring (bicyclic) bond motifs is 1. The Kier molecular flexibility index (Phi) is 9.07. The number of pyridine rings is 1. The highest BCUT2D eigenvalue weighted by molar-refractivity contribution is 7.89. The summed E-state index contributed by atoms with van der Waals surface area (Å²) in [5, 5.41) is 2.53.